The van der Waals surface area contributed by atoms with Crippen molar-refractivity contribution < 1.29 is 13.2 Å². The highest BCUT2D eigenvalue weighted by Crippen LogP contribution is 2.58. The highest BCUT2D eigenvalue weighted by atomic mass is 35.5. The topological polar surface area (TPSA) is 66.9 Å². The number of aromatic amines is 1. The smallest absolute Gasteiger partial charge is 0.340 e. The minimum atomic E-state index is -4.53. The largest absolute Gasteiger partial charge is 0.416 e. The number of aromatic nitrogens is 2. The number of nitrogens with one attached hydrogen (secondary N) is 2. The Bertz CT molecular complexity index is 1060. The van der Waals surface area contributed by atoms with Gasteiger partial charge in [0.15, 0.2) is 0 Å². The van der Waals surface area contributed by atoms with Crippen LogP contribution in [0, 0.1) is 17.8 Å². The molecule has 4 aliphatic carbocycles. The van der Waals surface area contributed by atoms with E-state index in [0.717, 1.165) is 37.5 Å². The van der Waals surface area contributed by atoms with Crippen LogP contribution in [0.1, 0.15) is 44.1 Å². The Balaban J connectivity index is 1.49. The van der Waals surface area contributed by atoms with Crippen molar-refractivity contribution in [2.45, 2.75) is 50.2 Å². The minimum Gasteiger partial charge on any atom is -0.340 e. The SMILES string of the molecule is O=c1cc(Nc2cc(C(F)(F)F)ccc2Cl)[nH]c(=O)n1C12CC3CC(CC(C3)C1)C2. The van der Waals surface area contributed by atoms with Gasteiger partial charge in [-0.2, -0.15) is 13.2 Å². The molecule has 0 unspecified atom stereocenters. The predicted octanol–water partition coefficient (Wildman–Crippen LogP) is 4.88. The van der Waals surface area contributed by atoms with Gasteiger partial charge in [-0.15, -0.1) is 0 Å². The van der Waals surface area contributed by atoms with Crippen molar-refractivity contribution in [2.24, 2.45) is 17.8 Å². The van der Waals surface area contributed by atoms with Crippen LogP contribution in [0.3, 0.4) is 0 Å². The molecular formula is C21H21ClF3N3O2. The summed E-state index contributed by atoms with van der Waals surface area (Å²) < 4.78 is 40.3. The maximum Gasteiger partial charge on any atom is 0.416 e. The zero-order valence-electron chi connectivity index (χ0n) is 16.1. The molecule has 0 saturated heterocycles. The third-order valence-corrected chi connectivity index (χ3v) is 7.31. The number of nitrogens with zero attached hydrogens (tertiary/aromatic N) is 1. The number of hydrogen-bond donors (Lipinski definition) is 2. The molecule has 5 nitrogen and oxygen atoms in total. The van der Waals surface area contributed by atoms with E-state index in [1.807, 2.05) is 0 Å². The van der Waals surface area contributed by atoms with Crippen LogP contribution in [0.5, 0.6) is 0 Å². The van der Waals surface area contributed by atoms with Crippen LogP contribution < -0.4 is 16.6 Å². The molecule has 2 N–H and O–H groups in total. The minimum absolute atomic E-state index is 0.0206. The lowest BCUT2D eigenvalue weighted by molar-refractivity contribution is -0.137. The van der Waals surface area contributed by atoms with Gasteiger partial charge >= 0.3 is 11.9 Å². The zero-order chi connectivity index (χ0) is 21.3. The molecule has 0 spiro atoms. The summed E-state index contributed by atoms with van der Waals surface area (Å²) in [6.07, 6.45) is 1.53. The van der Waals surface area contributed by atoms with Crippen molar-refractivity contribution >= 4 is 23.1 Å². The Morgan fingerprint density at radius 3 is 2.17 bits per heavy atom. The molecule has 4 fully saturated rings. The summed E-state index contributed by atoms with van der Waals surface area (Å²) in [6.45, 7) is 0. The first kappa shape index (κ1) is 19.7. The lowest BCUT2D eigenvalue weighted by Crippen LogP contribution is -2.58. The highest BCUT2D eigenvalue weighted by molar-refractivity contribution is 6.33. The van der Waals surface area contributed by atoms with Gasteiger partial charge in [0.2, 0.25) is 0 Å². The molecule has 4 aliphatic rings. The van der Waals surface area contributed by atoms with Crippen LogP contribution in [0.2, 0.25) is 5.02 Å². The van der Waals surface area contributed by atoms with E-state index in [2.05, 4.69) is 10.3 Å². The van der Waals surface area contributed by atoms with Gasteiger partial charge in [-0.3, -0.25) is 14.3 Å². The second-order valence-corrected chi connectivity index (χ2v) is 9.53. The predicted molar refractivity (Wildman–Crippen MR) is 107 cm³/mol. The fourth-order valence-corrected chi connectivity index (χ4v) is 6.46. The van der Waals surface area contributed by atoms with Gasteiger partial charge in [0.05, 0.1) is 21.8 Å². The van der Waals surface area contributed by atoms with E-state index in [1.165, 1.54) is 29.9 Å². The van der Waals surface area contributed by atoms with Gasteiger partial charge < -0.3 is 5.32 Å². The number of benzene rings is 1. The fraction of sp³-hybridized carbons (Fsp3) is 0.524. The zero-order valence-corrected chi connectivity index (χ0v) is 16.8. The summed E-state index contributed by atoms with van der Waals surface area (Å²) in [6, 6.07) is 4.09. The summed E-state index contributed by atoms with van der Waals surface area (Å²) in [5.41, 5.74) is -2.32. The number of rotatable bonds is 3. The van der Waals surface area contributed by atoms with Crippen molar-refractivity contribution in [3.05, 3.63) is 55.7 Å². The number of anilines is 2. The van der Waals surface area contributed by atoms with Crippen molar-refractivity contribution in [3.63, 3.8) is 0 Å². The number of H-pyrrole nitrogens is 1. The summed E-state index contributed by atoms with van der Waals surface area (Å²) in [4.78, 5) is 28.5. The third-order valence-electron chi connectivity index (χ3n) is 6.98. The molecule has 2 aromatic rings. The molecule has 0 atom stereocenters. The molecule has 4 bridgehead atoms. The molecular weight excluding hydrogens is 419 g/mol. The average Bonchev–Trinajstić information content (AvgIpc) is 2.60. The van der Waals surface area contributed by atoms with Crippen LogP contribution in [-0.4, -0.2) is 9.55 Å². The van der Waals surface area contributed by atoms with E-state index in [9.17, 15) is 22.8 Å². The Hall–Kier alpha value is -2.22. The van der Waals surface area contributed by atoms with Gasteiger partial charge in [-0.05, 0) is 74.5 Å². The van der Waals surface area contributed by atoms with Crippen molar-refractivity contribution in [1.82, 2.24) is 9.55 Å². The van der Waals surface area contributed by atoms with Gasteiger partial charge in [-0.1, -0.05) is 11.6 Å². The molecule has 1 aromatic heterocycles. The van der Waals surface area contributed by atoms with Crippen LogP contribution in [-0.2, 0) is 11.7 Å². The van der Waals surface area contributed by atoms with Gasteiger partial charge in [-0.25, -0.2) is 4.79 Å². The van der Waals surface area contributed by atoms with Crippen molar-refractivity contribution in [2.75, 3.05) is 5.32 Å². The first-order valence-electron chi connectivity index (χ1n) is 10.1. The Morgan fingerprint density at radius 1 is 1.03 bits per heavy atom. The second kappa shape index (κ2) is 6.64. The summed E-state index contributed by atoms with van der Waals surface area (Å²) in [5, 5.41) is 2.72. The molecule has 0 amide bonds. The third kappa shape index (κ3) is 3.25. The highest BCUT2D eigenvalue weighted by Gasteiger charge is 2.53. The maximum absolute atomic E-state index is 13.0. The molecule has 9 heteroatoms. The summed E-state index contributed by atoms with van der Waals surface area (Å²) >= 11 is 6.01. The molecule has 6 rings (SSSR count). The van der Waals surface area contributed by atoms with E-state index >= 15 is 0 Å². The van der Waals surface area contributed by atoms with Crippen LogP contribution in [0.15, 0.2) is 33.9 Å². The Kier molecular flexibility index (Phi) is 4.36. The molecule has 1 aromatic carbocycles. The first-order chi connectivity index (χ1) is 14.1. The quantitative estimate of drug-likeness (QED) is 0.716. The lowest BCUT2D eigenvalue weighted by atomic mass is 9.53. The van der Waals surface area contributed by atoms with Gasteiger partial charge in [0, 0.05) is 6.07 Å². The van der Waals surface area contributed by atoms with E-state index in [0.29, 0.717) is 17.8 Å². The van der Waals surface area contributed by atoms with Gasteiger partial charge in [0.25, 0.3) is 5.56 Å². The number of hydrogen-bond acceptors (Lipinski definition) is 3. The molecule has 4 saturated carbocycles. The number of halogens is 4. The molecule has 160 valence electrons. The molecule has 0 radical (unpaired) electrons. The van der Waals surface area contributed by atoms with Gasteiger partial charge in [0.1, 0.15) is 5.82 Å². The van der Waals surface area contributed by atoms with E-state index in [1.54, 1.807) is 0 Å². The fourth-order valence-electron chi connectivity index (χ4n) is 6.29. The van der Waals surface area contributed by atoms with Crippen molar-refractivity contribution in [1.29, 1.82) is 0 Å². The maximum atomic E-state index is 13.0. The standard InChI is InChI=1S/C21H21ClF3N3O2/c22-15-2-1-14(21(23,24)25)6-16(15)26-17-7-18(29)28(19(30)27-17)20-8-11-3-12(9-20)5-13(4-11)10-20/h1-2,6-7,11-13,26H,3-5,8-10H2,(H,27,30). The van der Waals surface area contributed by atoms with Crippen LogP contribution in [0.25, 0.3) is 0 Å². The Labute approximate surface area is 175 Å². The van der Waals surface area contributed by atoms with Crippen molar-refractivity contribution in [3.8, 4) is 0 Å². The van der Waals surface area contributed by atoms with E-state index in [4.69, 9.17) is 11.6 Å². The van der Waals surface area contributed by atoms with E-state index < -0.39 is 28.5 Å². The van der Waals surface area contributed by atoms with E-state index in [-0.39, 0.29) is 16.5 Å². The monoisotopic (exact) mass is 439 g/mol. The average molecular weight is 440 g/mol. The normalized spacial score (nSPS) is 29.9. The molecule has 0 aliphatic heterocycles. The molecule has 1 heterocycles. The number of alkyl halides is 3. The summed E-state index contributed by atoms with van der Waals surface area (Å²) in [7, 11) is 0. The lowest BCUT2D eigenvalue weighted by Gasteiger charge is -2.56. The summed E-state index contributed by atoms with van der Waals surface area (Å²) in [5.74, 6) is 1.70. The second-order valence-electron chi connectivity index (χ2n) is 9.12. The first-order valence-corrected chi connectivity index (χ1v) is 10.5. The van der Waals surface area contributed by atoms with Crippen LogP contribution >= 0.6 is 11.6 Å². The molecule has 30 heavy (non-hydrogen) atoms. The van der Waals surface area contributed by atoms with Crippen LogP contribution in [0.4, 0.5) is 24.7 Å². The Morgan fingerprint density at radius 2 is 1.63 bits per heavy atom.